The Hall–Kier alpha value is -1.55. The van der Waals surface area contributed by atoms with Gasteiger partial charge < -0.3 is 11.1 Å². The van der Waals surface area contributed by atoms with Crippen LogP contribution >= 0.6 is 11.6 Å². The van der Waals surface area contributed by atoms with Crippen LogP contribution in [0, 0.1) is 23.2 Å². The highest BCUT2D eigenvalue weighted by molar-refractivity contribution is 6.31. The lowest BCUT2D eigenvalue weighted by Gasteiger charge is -2.55. The number of nitrogens with two attached hydrogens (primary N) is 1. The molecule has 1 aromatic carbocycles. The fourth-order valence-corrected chi connectivity index (χ4v) is 6.02. The molecule has 5 heteroatoms. The van der Waals surface area contributed by atoms with Crippen LogP contribution in [0.1, 0.15) is 44.1 Å². The van der Waals surface area contributed by atoms with E-state index in [1.54, 1.807) is 6.07 Å². The maximum Gasteiger partial charge on any atom is 0.240 e. The number of carbonyl (C=O) groups excluding carboxylic acids is 2. The van der Waals surface area contributed by atoms with Gasteiger partial charge in [-0.3, -0.25) is 9.59 Å². The summed E-state index contributed by atoms with van der Waals surface area (Å²) in [5, 5.41) is 3.57. The summed E-state index contributed by atoms with van der Waals surface area (Å²) < 4.78 is 0. The number of carbonyl (C=O) groups is 2. The Labute approximate surface area is 153 Å². The number of benzene rings is 1. The molecule has 3 N–H and O–H groups in total. The minimum atomic E-state index is -0.708. The van der Waals surface area contributed by atoms with E-state index in [4.69, 9.17) is 17.3 Å². The minimum absolute atomic E-state index is 0.0300. The molecule has 1 aromatic rings. The monoisotopic (exact) mass is 360 g/mol. The van der Waals surface area contributed by atoms with Gasteiger partial charge in [0.2, 0.25) is 11.8 Å². The SMILES string of the molecule is NC(=O)[C@H](Cc1ccccc1Cl)NC(=O)C12CC3CC(CC(C3)C1)C2. The predicted octanol–water partition coefficient (Wildman–Crippen LogP) is 3.07. The van der Waals surface area contributed by atoms with Crippen molar-refractivity contribution in [3.05, 3.63) is 34.9 Å². The summed E-state index contributed by atoms with van der Waals surface area (Å²) in [4.78, 5) is 25.1. The van der Waals surface area contributed by atoms with E-state index in [2.05, 4.69) is 5.32 Å². The molecule has 0 spiro atoms. The second kappa shape index (κ2) is 6.31. The third-order valence-corrected chi connectivity index (χ3v) is 6.92. The molecule has 4 bridgehead atoms. The first kappa shape index (κ1) is 16.9. The molecule has 0 heterocycles. The zero-order valence-corrected chi connectivity index (χ0v) is 15.1. The summed E-state index contributed by atoms with van der Waals surface area (Å²) in [6.07, 6.45) is 7.11. The highest BCUT2D eigenvalue weighted by atomic mass is 35.5. The maximum absolute atomic E-state index is 13.1. The third-order valence-electron chi connectivity index (χ3n) is 6.55. The normalized spacial score (nSPS) is 33.9. The van der Waals surface area contributed by atoms with Crippen molar-refractivity contribution >= 4 is 23.4 Å². The smallest absolute Gasteiger partial charge is 0.240 e. The molecule has 0 radical (unpaired) electrons. The fraction of sp³-hybridized carbons (Fsp3) is 0.600. The number of amides is 2. The van der Waals surface area contributed by atoms with Crippen LogP contribution in [0.15, 0.2) is 24.3 Å². The van der Waals surface area contributed by atoms with Crippen LogP contribution in [0.2, 0.25) is 5.02 Å². The molecule has 0 saturated heterocycles. The van der Waals surface area contributed by atoms with Gasteiger partial charge in [0, 0.05) is 16.9 Å². The van der Waals surface area contributed by atoms with Crippen LogP contribution in [-0.4, -0.2) is 17.9 Å². The van der Waals surface area contributed by atoms with Crippen LogP contribution in [0.25, 0.3) is 0 Å². The second-order valence-corrected chi connectivity index (χ2v) is 8.83. The first-order chi connectivity index (χ1) is 11.9. The molecule has 4 saturated carbocycles. The molecule has 134 valence electrons. The lowest BCUT2D eigenvalue weighted by Crippen LogP contribution is -2.57. The molecule has 4 aliphatic carbocycles. The summed E-state index contributed by atoms with van der Waals surface area (Å²) in [7, 11) is 0. The molecule has 2 amide bonds. The highest BCUT2D eigenvalue weighted by Gasteiger charge is 2.54. The Morgan fingerprint density at radius 3 is 2.20 bits per heavy atom. The molecular weight excluding hydrogens is 336 g/mol. The zero-order chi connectivity index (χ0) is 17.6. The quantitative estimate of drug-likeness (QED) is 0.847. The van der Waals surface area contributed by atoms with E-state index in [1.165, 1.54) is 19.3 Å². The molecule has 4 nitrogen and oxygen atoms in total. The Morgan fingerprint density at radius 1 is 1.12 bits per heavy atom. The topological polar surface area (TPSA) is 72.2 Å². The Bertz CT molecular complexity index is 667. The van der Waals surface area contributed by atoms with Crippen molar-refractivity contribution in [1.82, 2.24) is 5.32 Å². The van der Waals surface area contributed by atoms with E-state index >= 15 is 0 Å². The molecule has 4 aliphatic rings. The van der Waals surface area contributed by atoms with Crippen LogP contribution in [0.4, 0.5) is 0 Å². The van der Waals surface area contributed by atoms with Crippen molar-refractivity contribution in [3.63, 3.8) is 0 Å². The van der Waals surface area contributed by atoms with Gasteiger partial charge in [-0.25, -0.2) is 0 Å². The van der Waals surface area contributed by atoms with Crippen LogP contribution in [-0.2, 0) is 16.0 Å². The van der Waals surface area contributed by atoms with Gasteiger partial charge in [0.25, 0.3) is 0 Å². The first-order valence-electron chi connectivity index (χ1n) is 9.29. The molecule has 0 unspecified atom stereocenters. The molecule has 1 atom stereocenters. The summed E-state index contributed by atoms with van der Waals surface area (Å²) in [5.41, 5.74) is 6.13. The van der Waals surface area contributed by atoms with Gasteiger partial charge >= 0.3 is 0 Å². The molecular formula is C20H25ClN2O2. The van der Waals surface area contributed by atoms with Crippen molar-refractivity contribution in [2.45, 2.75) is 51.0 Å². The number of rotatable bonds is 5. The van der Waals surface area contributed by atoms with E-state index in [9.17, 15) is 9.59 Å². The van der Waals surface area contributed by atoms with Gasteiger partial charge in [-0.05, 0) is 67.9 Å². The van der Waals surface area contributed by atoms with Crippen molar-refractivity contribution in [2.75, 3.05) is 0 Å². The Kier molecular flexibility index (Phi) is 4.27. The van der Waals surface area contributed by atoms with Crippen LogP contribution in [0.5, 0.6) is 0 Å². The van der Waals surface area contributed by atoms with Gasteiger partial charge in [-0.2, -0.15) is 0 Å². The van der Waals surface area contributed by atoms with Gasteiger partial charge in [0.15, 0.2) is 0 Å². The molecule has 0 aliphatic heterocycles. The van der Waals surface area contributed by atoms with Crippen molar-refractivity contribution in [1.29, 1.82) is 0 Å². The summed E-state index contributed by atoms with van der Waals surface area (Å²) in [6.45, 7) is 0. The summed E-state index contributed by atoms with van der Waals surface area (Å²) >= 11 is 6.20. The predicted molar refractivity (Wildman–Crippen MR) is 96.9 cm³/mol. The van der Waals surface area contributed by atoms with Crippen LogP contribution < -0.4 is 11.1 Å². The number of halogens is 1. The first-order valence-corrected chi connectivity index (χ1v) is 9.67. The van der Waals surface area contributed by atoms with Gasteiger partial charge in [0.1, 0.15) is 6.04 Å². The van der Waals surface area contributed by atoms with Gasteiger partial charge in [-0.1, -0.05) is 29.8 Å². The van der Waals surface area contributed by atoms with Gasteiger partial charge in [-0.15, -0.1) is 0 Å². The van der Waals surface area contributed by atoms with E-state index < -0.39 is 11.9 Å². The average Bonchev–Trinajstić information content (AvgIpc) is 2.54. The average molecular weight is 361 g/mol. The van der Waals surface area contributed by atoms with Crippen molar-refractivity contribution < 1.29 is 9.59 Å². The maximum atomic E-state index is 13.1. The Balaban J connectivity index is 1.50. The van der Waals surface area contributed by atoms with Crippen molar-refractivity contribution in [3.8, 4) is 0 Å². The summed E-state index contributed by atoms with van der Waals surface area (Å²) in [5.74, 6) is 1.59. The summed E-state index contributed by atoms with van der Waals surface area (Å²) in [6, 6.07) is 6.67. The molecule has 25 heavy (non-hydrogen) atoms. The zero-order valence-electron chi connectivity index (χ0n) is 14.3. The minimum Gasteiger partial charge on any atom is -0.368 e. The molecule has 4 fully saturated rings. The largest absolute Gasteiger partial charge is 0.368 e. The van der Waals surface area contributed by atoms with Gasteiger partial charge in [0.05, 0.1) is 0 Å². The van der Waals surface area contributed by atoms with E-state index in [-0.39, 0.29) is 11.3 Å². The lowest BCUT2D eigenvalue weighted by molar-refractivity contribution is -0.148. The number of hydrogen-bond acceptors (Lipinski definition) is 2. The highest BCUT2D eigenvalue weighted by Crippen LogP contribution is 2.60. The third kappa shape index (κ3) is 3.17. The molecule has 0 aromatic heterocycles. The van der Waals surface area contributed by atoms with E-state index in [0.717, 1.165) is 24.8 Å². The standard InChI is InChI=1S/C20H25ClN2O2/c21-16-4-2-1-3-15(16)8-17(18(22)24)23-19(25)20-9-12-5-13(10-20)7-14(6-12)11-20/h1-4,12-14,17H,5-11H2,(H2,22,24)(H,23,25)/t12?,13?,14?,17-,20?/m0/s1. The number of primary amides is 1. The van der Waals surface area contributed by atoms with E-state index in [0.29, 0.717) is 29.2 Å². The Morgan fingerprint density at radius 2 is 1.68 bits per heavy atom. The number of hydrogen-bond donors (Lipinski definition) is 2. The lowest BCUT2D eigenvalue weighted by atomic mass is 9.49. The van der Waals surface area contributed by atoms with Crippen molar-refractivity contribution in [2.24, 2.45) is 28.9 Å². The molecule has 5 rings (SSSR count). The van der Waals surface area contributed by atoms with E-state index in [1.807, 2.05) is 18.2 Å². The second-order valence-electron chi connectivity index (χ2n) is 8.42. The van der Waals surface area contributed by atoms with Crippen LogP contribution in [0.3, 0.4) is 0 Å². The fourth-order valence-electron chi connectivity index (χ4n) is 5.81. The number of nitrogens with one attached hydrogen (secondary N) is 1.